The van der Waals surface area contributed by atoms with Crippen molar-refractivity contribution >= 4 is 76.2 Å². The second kappa shape index (κ2) is 11.8. The third-order valence-corrected chi connectivity index (χ3v) is 13.3. The number of benzene rings is 10. The molecule has 0 saturated carbocycles. The summed E-state index contributed by atoms with van der Waals surface area (Å²) in [5.74, 6) is 0. The maximum absolute atomic E-state index is 6.88. The highest BCUT2D eigenvalue weighted by Gasteiger charge is 2.35. The molecule has 1 aliphatic rings. The summed E-state index contributed by atoms with van der Waals surface area (Å²) >= 11 is 0. The van der Waals surface area contributed by atoms with Gasteiger partial charge >= 0.3 is 0 Å². The predicted molar refractivity (Wildman–Crippen MR) is 247 cm³/mol. The Kier molecular flexibility index (Phi) is 6.54. The quantitative estimate of drug-likeness (QED) is 0.168. The van der Waals surface area contributed by atoms with Crippen LogP contribution in [0.1, 0.15) is 25.0 Å². The van der Waals surface area contributed by atoms with Crippen molar-refractivity contribution in [1.29, 1.82) is 0 Å². The smallest absolute Gasteiger partial charge is 0.143 e. The highest BCUT2D eigenvalue weighted by atomic mass is 16.3. The molecule has 0 amide bonds. The van der Waals surface area contributed by atoms with E-state index in [2.05, 4.69) is 178 Å². The number of furan rings is 2. The van der Waals surface area contributed by atoms with Crippen LogP contribution in [0.4, 0.5) is 0 Å². The lowest BCUT2D eigenvalue weighted by Crippen LogP contribution is -2.14. The summed E-state index contributed by atoms with van der Waals surface area (Å²) < 4.78 is 13.2. The normalized spacial score (nSPS) is 13.4. The van der Waals surface area contributed by atoms with Crippen molar-refractivity contribution in [3.63, 3.8) is 0 Å². The Hall–Kier alpha value is -7.42. The van der Waals surface area contributed by atoms with E-state index in [9.17, 15) is 0 Å². The molecule has 2 aromatic heterocycles. The van der Waals surface area contributed by atoms with Gasteiger partial charge in [-0.05, 0) is 113 Å². The minimum Gasteiger partial charge on any atom is -0.456 e. The van der Waals surface area contributed by atoms with E-state index >= 15 is 0 Å². The molecule has 0 radical (unpaired) electrons. The molecule has 276 valence electrons. The molecule has 59 heavy (non-hydrogen) atoms. The van der Waals surface area contributed by atoms with Crippen LogP contribution >= 0.6 is 0 Å². The molecule has 2 heteroatoms. The Labute approximate surface area is 340 Å². The minimum atomic E-state index is -0.0763. The van der Waals surface area contributed by atoms with Gasteiger partial charge in [-0.15, -0.1) is 0 Å². The standard InChI is InChI=1S/C57H36O2/c1-57(2)46-21-11-9-15-38(46)39-28-27-36(32-47(39)57)52-42-18-7-5-16-40(42)51(41-17-6-8-19-43(41)52)33-23-25-34(26-24-33)53-37-14-4-3-13-35(37)31-45-55-50(59-56(45)53)30-29-49-54(55)44-20-10-12-22-48(44)58-49/h3-32H,1-2H3. The maximum Gasteiger partial charge on any atom is 0.143 e. The van der Waals surface area contributed by atoms with Gasteiger partial charge in [0, 0.05) is 32.5 Å². The average molecular weight is 753 g/mol. The van der Waals surface area contributed by atoms with E-state index in [4.69, 9.17) is 8.83 Å². The monoisotopic (exact) mass is 752 g/mol. The van der Waals surface area contributed by atoms with E-state index < -0.39 is 0 Å². The summed E-state index contributed by atoms with van der Waals surface area (Å²) in [6.45, 7) is 4.73. The van der Waals surface area contributed by atoms with Crippen molar-refractivity contribution in [1.82, 2.24) is 0 Å². The summed E-state index contributed by atoms with van der Waals surface area (Å²) in [5, 5.41) is 11.8. The zero-order valence-corrected chi connectivity index (χ0v) is 32.6. The Morgan fingerprint density at radius 2 is 0.847 bits per heavy atom. The third kappa shape index (κ3) is 4.46. The van der Waals surface area contributed by atoms with Gasteiger partial charge in [0.1, 0.15) is 22.3 Å². The molecule has 2 nitrogen and oxygen atoms in total. The van der Waals surface area contributed by atoms with Gasteiger partial charge < -0.3 is 8.83 Å². The molecule has 0 unspecified atom stereocenters. The molecule has 1 aliphatic carbocycles. The van der Waals surface area contributed by atoms with E-state index in [1.54, 1.807) is 0 Å². The summed E-state index contributed by atoms with van der Waals surface area (Å²) in [6, 6.07) is 66.4. The van der Waals surface area contributed by atoms with Crippen LogP contribution in [0, 0.1) is 0 Å². The van der Waals surface area contributed by atoms with E-state index in [0.717, 1.165) is 55.0 Å². The van der Waals surface area contributed by atoms with Gasteiger partial charge in [-0.25, -0.2) is 0 Å². The van der Waals surface area contributed by atoms with Gasteiger partial charge in [-0.3, -0.25) is 0 Å². The van der Waals surface area contributed by atoms with Crippen LogP contribution in [0.25, 0.3) is 121 Å². The van der Waals surface area contributed by atoms with Gasteiger partial charge in [0.2, 0.25) is 0 Å². The first-order chi connectivity index (χ1) is 29.0. The van der Waals surface area contributed by atoms with Crippen molar-refractivity contribution in [3.05, 3.63) is 193 Å². The Morgan fingerprint density at radius 1 is 0.339 bits per heavy atom. The fourth-order valence-electron chi connectivity index (χ4n) is 10.6. The van der Waals surface area contributed by atoms with Gasteiger partial charge in [0.25, 0.3) is 0 Å². The van der Waals surface area contributed by atoms with Crippen LogP contribution in [0.5, 0.6) is 0 Å². The number of hydrogen-bond donors (Lipinski definition) is 0. The molecular formula is C57H36O2. The lowest BCUT2D eigenvalue weighted by atomic mass is 9.80. The zero-order chi connectivity index (χ0) is 39.0. The molecule has 13 rings (SSSR count). The molecule has 10 aromatic carbocycles. The van der Waals surface area contributed by atoms with Gasteiger partial charge in [0.05, 0.1) is 0 Å². The van der Waals surface area contributed by atoms with Gasteiger partial charge in [0.15, 0.2) is 0 Å². The fourth-order valence-corrected chi connectivity index (χ4v) is 10.6. The van der Waals surface area contributed by atoms with Crippen molar-refractivity contribution in [2.75, 3.05) is 0 Å². The molecule has 12 aromatic rings. The molecule has 0 spiro atoms. The topological polar surface area (TPSA) is 26.3 Å². The van der Waals surface area contributed by atoms with Crippen LogP contribution in [0.15, 0.2) is 191 Å². The summed E-state index contributed by atoms with van der Waals surface area (Å²) in [7, 11) is 0. The fraction of sp³-hybridized carbons (Fsp3) is 0.0526. The first-order valence-electron chi connectivity index (χ1n) is 20.5. The summed E-state index contributed by atoms with van der Waals surface area (Å²) in [4.78, 5) is 0. The molecule has 0 aliphatic heterocycles. The van der Waals surface area contributed by atoms with Crippen LogP contribution < -0.4 is 0 Å². The molecule has 0 bridgehead atoms. The Bertz CT molecular complexity index is 3690. The highest BCUT2D eigenvalue weighted by Crippen LogP contribution is 2.52. The number of rotatable bonds is 3. The molecular weight excluding hydrogens is 717 g/mol. The molecule has 0 N–H and O–H groups in total. The lowest BCUT2D eigenvalue weighted by molar-refractivity contribution is 0.660. The van der Waals surface area contributed by atoms with Crippen molar-refractivity contribution in [2.24, 2.45) is 0 Å². The van der Waals surface area contributed by atoms with Gasteiger partial charge in [-0.1, -0.05) is 166 Å². The van der Waals surface area contributed by atoms with Crippen LogP contribution in [0.2, 0.25) is 0 Å². The Balaban J connectivity index is 1.01. The molecule has 0 saturated heterocycles. The van der Waals surface area contributed by atoms with E-state index in [1.807, 2.05) is 18.2 Å². The maximum atomic E-state index is 6.88. The number of fused-ring (bicyclic) bond motifs is 13. The van der Waals surface area contributed by atoms with E-state index in [0.29, 0.717) is 0 Å². The average Bonchev–Trinajstić information content (AvgIpc) is 3.92. The first kappa shape index (κ1) is 32.6. The molecule has 0 atom stereocenters. The van der Waals surface area contributed by atoms with Crippen LogP contribution in [0.3, 0.4) is 0 Å². The minimum absolute atomic E-state index is 0.0763. The second-order valence-corrected chi connectivity index (χ2v) is 16.7. The van der Waals surface area contributed by atoms with Crippen LogP contribution in [-0.4, -0.2) is 0 Å². The molecule has 2 heterocycles. The number of hydrogen-bond acceptors (Lipinski definition) is 2. The van der Waals surface area contributed by atoms with Crippen LogP contribution in [-0.2, 0) is 5.41 Å². The predicted octanol–water partition coefficient (Wildman–Crippen LogP) is 16.3. The largest absolute Gasteiger partial charge is 0.456 e. The highest BCUT2D eigenvalue weighted by molar-refractivity contribution is 6.29. The van der Waals surface area contributed by atoms with Crippen molar-refractivity contribution in [3.8, 4) is 44.5 Å². The lowest BCUT2D eigenvalue weighted by Gasteiger charge is -2.23. The second-order valence-electron chi connectivity index (χ2n) is 16.7. The number of para-hydroxylation sites is 1. The SMILES string of the molecule is CC1(C)c2ccccc2-c2ccc(-c3c4ccccc4c(-c4ccc(-c5c6ccccc6cc6c5oc5ccc7oc8ccccc8c7c56)cc4)c4ccccc34)cc21. The van der Waals surface area contributed by atoms with E-state index in [1.165, 1.54) is 76.8 Å². The van der Waals surface area contributed by atoms with E-state index in [-0.39, 0.29) is 5.41 Å². The molecule has 0 fully saturated rings. The zero-order valence-electron chi connectivity index (χ0n) is 32.6. The first-order valence-corrected chi connectivity index (χ1v) is 20.5. The summed E-state index contributed by atoms with van der Waals surface area (Å²) in [6.07, 6.45) is 0. The summed E-state index contributed by atoms with van der Waals surface area (Å²) in [5.41, 5.74) is 16.1. The van der Waals surface area contributed by atoms with Gasteiger partial charge in [-0.2, -0.15) is 0 Å². The Morgan fingerprint density at radius 3 is 1.56 bits per heavy atom. The van der Waals surface area contributed by atoms with Crippen molar-refractivity contribution in [2.45, 2.75) is 19.3 Å². The van der Waals surface area contributed by atoms with Crippen molar-refractivity contribution < 1.29 is 8.83 Å². The third-order valence-electron chi connectivity index (χ3n) is 13.3.